The second-order valence-corrected chi connectivity index (χ2v) is 7.84. The number of hydrogen-bond donors (Lipinski definition) is 0. The molecule has 29 heavy (non-hydrogen) atoms. The first-order valence-electron chi connectivity index (χ1n) is 9.92. The van der Waals surface area contributed by atoms with Crippen LogP contribution in [0.1, 0.15) is 41.0 Å². The van der Waals surface area contributed by atoms with E-state index in [1.54, 1.807) is 0 Å². The summed E-state index contributed by atoms with van der Waals surface area (Å²) in [6.45, 7) is 0. The molecule has 1 fully saturated rings. The summed E-state index contributed by atoms with van der Waals surface area (Å²) in [5.74, 6) is 7.49. The summed E-state index contributed by atoms with van der Waals surface area (Å²) in [6.07, 6.45) is 5.78. The van der Waals surface area contributed by atoms with Gasteiger partial charge in [-0.05, 0) is 89.1 Å². The van der Waals surface area contributed by atoms with Crippen LogP contribution in [-0.4, -0.2) is 5.16 Å². The minimum Gasteiger partial charge on any atom is -0.195 e. The highest BCUT2D eigenvalue weighted by molar-refractivity contribution is 7.78. The van der Waals surface area contributed by atoms with Crippen LogP contribution in [-0.2, 0) is 6.42 Å². The van der Waals surface area contributed by atoms with Crippen molar-refractivity contribution in [3.63, 3.8) is 0 Å². The van der Waals surface area contributed by atoms with Crippen molar-refractivity contribution in [2.24, 2.45) is 4.99 Å². The van der Waals surface area contributed by atoms with Crippen molar-refractivity contribution < 1.29 is 0 Å². The molecule has 2 aliphatic rings. The van der Waals surface area contributed by atoms with E-state index < -0.39 is 0 Å². The molecule has 138 valence electrons. The summed E-state index contributed by atoms with van der Waals surface area (Å²) < 4.78 is 0. The molecule has 0 atom stereocenters. The Kier molecular flexibility index (Phi) is 4.70. The summed E-state index contributed by atoms with van der Waals surface area (Å²) >= 11 is 4.66. The van der Waals surface area contributed by atoms with E-state index in [2.05, 4.69) is 94.9 Å². The van der Waals surface area contributed by atoms with Crippen molar-refractivity contribution in [3.8, 4) is 23.0 Å². The average molecular weight is 390 g/mol. The average Bonchev–Trinajstić information content (AvgIpc) is 3.52. The van der Waals surface area contributed by atoms with Gasteiger partial charge in [-0.15, -0.1) is 0 Å². The Labute approximate surface area is 176 Å². The molecular weight excluding hydrogens is 370 g/mol. The second kappa shape index (κ2) is 7.64. The van der Waals surface area contributed by atoms with Crippen molar-refractivity contribution >= 4 is 29.1 Å². The normalized spacial score (nSPS) is 14.3. The van der Waals surface area contributed by atoms with Crippen LogP contribution in [0.5, 0.6) is 0 Å². The van der Waals surface area contributed by atoms with Crippen molar-refractivity contribution in [3.05, 3.63) is 94.6 Å². The number of allylic oxidation sites excluding steroid dienone is 1. The minimum absolute atomic E-state index is 0.794. The minimum atomic E-state index is 0.794. The number of isothiocyanates is 1. The van der Waals surface area contributed by atoms with E-state index in [9.17, 15) is 0 Å². The standard InChI is InChI=1S/C27H19NS/c29-18-28-27-13-11-23(12-14-27)25-10-9-24-15-20(16-26(24)17-25)2-1-19-3-5-21(6-4-19)22-7-8-22/h3-6,9-15,17,22H,7-8,16H2. The quantitative estimate of drug-likeness (QED) is 0.268. The van der Waals surface area contributed by atoms with Crippen LogP contribution in [0.15, 0.2) is 77.3 Å². The summed E-state index contributed by atoms with van der Waals surface area (Å²) in [5.41, 5.74) is 9.53. The number of fused-ring (bicyclic) bond motifs is 1. The van der Waals surface area contributed by atoms with Gasteiger partial charge in [-0.1, -0.05) is 54.3 Å². The van der Waals surface area contributed by atoms with E-state index in [0.29, 0.717) is 0 Å². The van der Waals surface area contributed by atoms with E-state index in [-0.39, 0.29) is 0 Å². The first-order valence-corrected chi connectivity index (χ1v) is 10.3. The van der Waals surface area contributed by atoms with Gasteiger partial charge in [-0.2, -0.15) is 4.99 Å². The van der Waals surface area contributed by atoms with Gasteiger partial charge in [-0.3, -0.25) is 0 Å². The lowest BCUT2D eigenvalue weighted by molar-refractivity contribution is 1.13. The number of nitrogens with zero attached hydrogens (tertiary/aromatic N) is 1. The molecule has 5 rings (SSSR count). The van der Waals surface area contributed by atoms with E-state index in [0.717, 1.165) is 23.6 Å². The third-order valence-corrected chi connectivity index (χ3v) is 5.65. The third-order valence-electron chi connectivity index (χ3n) is 5.56. The van der Waals surface area contributed by atoms with Crippen molar-refractivity contribution in [2.75, 3.05) is 0 Å². The maximum atomic E-state index is 4.66. The van der Waals surface area contributed by atoms with Gasteiger partial charge in [0, 0.05) is 17.6 Å². The van der Waals surface area contributed by atoms with E-state index in [1.807, 2.05) is 12.1 Å². The molecule has 0 amide bonds. The van der Waals surface area contributed by atoms with E-state index in [4.69, 9.17) is 0 Å². The molecule has 3 aromatic carbocycles. The highest BCUT2D eigenvalue weighted by Crippen LogP contribution is 2.39. The Bertz CT molecular complexity index is 1210. The Morgan fingerprint density at radius 2 is 1.59 bits per heavy atom. The molecule has 0 aromatic heterocycles. The molecule has 0 unspecified atom stereocenters. The summed E-state index contributed by atoms with van der Waals surface area (Å²) in [6, 6.07) is 23.5. The number of benzene rings is 3. The monoisotopic (exact) mass is 389 g/mol. The van der Waals surface area contributed by atoms with Crippen LogP contribution in [0.2, 0.25) is 0 Å². The van der Waals surface area contributed by atoms with Crippen molar-refractivity contribution in [2.45, 2.75) is 25.2 Å². The van der Waals surface area contributed by atoms with Crippen LogP contribution in [0, 0.1) is 11.8 Å². The van der Waals surface area contributed by atoms with Crippen molar-refractivity contribution in [1.82, 2.24) is 0 Å². The fraction of sp³-hybridized carbons (Fsp3) is 0.148. The molecule has 0 N–H and O–H groups in total. The molecule has 1 saturated carbocycles. The predicted octanol–water partition coefficient (Wildman–Crippen LogP) is 6.96. The number of thiocarbonyl (C=S) groups is 1. The van der Waals surface area contributed by atoms with Crippen LogP contribution < -0.4 is 0 Å². The van der Waals surface area contributed by atoms with Gasteiger partial charge < -0.3 is 0 Å². The summed E-state index contributed by atoms with van der Waals surface area (Å²) in [4.78, 5) is 4.01. The fourth-order valence-corrected chi connectivity index (χ4v) is 3.90. The largest absolute Gasteiger partial charge is 0.195 e. The molecule has 2 aliphatic carbocycles. The van der Waals surface area contributed by atoms with Gasteiger partial charge in [0.15, 0.2) is 0 Å². The van der Waals surface area contributed by atoms with Crippen LogP contribution >= 0.6 is 12.2 Å². The topological polar surface area (TPSA) is 12.4 Å². The summed E-state index contributed by atoms with van der Waals surface area (Å²) in [7, 11) is 0. The molecule has 0 saturated heterocycles. The van der Waals surface area contributed by atoms with Crippen LogP contribution in [0.25, 0.3) is 17.2 Å². The zero-order chi connectivity index (χ0) is 19.6. The zero-order valence-electron chi connectivity index (χ0n) is 16.0. The second-order valence-electron chi connectivity index (χ2n) is 7.66. The van der Waals surface area contributed by atoms with Gasteiger partial charge >= 0.3 is 0 Å². The molecule has 0 heterocycles. The number of aliphatic imine (C=N–C) groups is 1. The Morgan fingerprint density at radius 1 is 0.828 bits per heavy atom. The first kappa shape index (κ1) is 17.8. The lowest BCUT2D eigenvalue weighted by Crippen LogP contribution is -1.86. The Morgan fingerprint density at radius 3 is 2.31 bits per heavy atom. The number of rotatable bonds is 3. The summed E-state index contributed by atoms with van der Waals surface area (Å²) in [5, 5.41) is 2.40. The molecule has 2 heteroatoms. The molecule has 0 radical (unpaired) electrons. The molecule has 0 bridgehead atoms. The van der Waals surface area contributed by atoms with Gasteiger partial charge in [-0.25, -0.2) is 0 Å². The van der Waals surface area contributed by atoms with Crippen molar-refractivity contribution in [1.29, 1.82) is 0 Å². The van der Waals surface area contributed by atoms with Crippen LogP contribution in [0.3, 0.4) is 0 Å². The Balaban J connectivity index is 1.32. The van der Waals surface area contributed by atoms with Gasteiger partial charge in [0.1, 0.15) is 0 Å². The molecule has 0 aliphatic heterocycles. The Hall–Kier alpha value is -3.24. The maximum absolute atomic E-state index is 4.66. The smallest absolute Gasteiger partial charge is 0.0739 e. The molecule has 0 spiro atoms. The third kappa shape index (κ3) is 3.98. The lowest BCUT2D eigenvalue weighted by Gasteiger charge is -2.05. The van der Waals surface area contributed by atoms with Crippen LogP contribution in [0.4, 0.5) is 5.69 Å². The first-order chi connectivity index (χ1) is 14.3. The maximum Gasteiger partial charge on any atom is 0.0739 e. The van der Waals surface area contributed by atoms with Gasteiger partial charge in [0.25, 0.3) is 0 Å². The highest BCUT2D eigenvalue weighted by Gasteiger charge is 2.22. The SMILES string of the molecule is S=C=Nc1ccc(-c2ccc3c(c2)CC(C#Cc2ccc(C4CC4)cc2)=C3)cc1. The molecular formula is C27H19NS. The highest BCUT2D eigenvalue weighted by atomic mass is 32.1. The van der Waals surface area contributed by atoms with Gasteiger partial charge in [0.2, 0.25) is 0 Å². The molecule has 3 aromatic rings. The molecule has 1 nitrogen and oxygen atoms in total. The van der Waals surface area contributed by atoms with E-state index in [1.165, 1.54) is 46.2 Å². The van der Waals surface area contributed by atoms with E-state index >= 15 is 0 Å². The fourth-order valence-electron chi connectivity index (χ4n) is 3.79. The predicted molar refractivity (Wildman–Crippen MR) is 124 cm³/mol. The zero-order valence-corrected chi connectivity index (χ0v) is 16.8. The number of hydrogen-bond acceptors (Lipinski definition) is 2. The lowest BCUT2D eigenvalue weighted by atomic mass is 10.00. The van der Waals surface area contributed by atoms with Gasteiger partial charge in [0.05, 0.1) is 10.8 Å².